The van der Waals surface area contributed by atoms with Gasteiger partial charge in [0.05, 0.1) is 6.54 Å². The van der Waals surface area contributed by atoms with Crippen molar-refractivity contribution in [3.05, 3.63) is 59.7 Å². The summed E-state index contributed by atoms with van der Waals surface area (Å²) in [4.78, 5) is 28.5. The molecule has 0 aliphatic carbocycles. The monoisotopic (exact) mass is 365 g/mol. The zero-order valence-corrected chi connectivity index (χ0v) is 15.4. The number of urea groups is 1. The van der Waals surface area contributed by atoms with Crippen LogP contribution in [0.3, 0.4) is 0 Å². The Kier molecular flexibility index (Phi) is 4.71. The van der Waals surface area contributed by atoms with Crippen LogP contribution in [0.15, 0.2) is 48.5 Å². The highest BCUT2D eigenvalue weighted by molar-refractivity contribution is 5.99. The second kappa shape index (κ2) is 7.31. The van der Waals surface area contributed by atoms with E-state index in [-0.39, 0.29) is 18.0 Å². The molecule has 6 heteroatoms. The molecule has 2 fully saturated rings. The molecule has 0 radical (unpaired) electrons. The van der Waals surface area contributed by atoms with Crippen LogP contribution >= 0.6 is 0 Å². The molecule has 1 N–H and O–H groups in total. The molecule has 140 valence electrons. The first-order chi connectivity index (χ1) is 13.1. The van der Waals surface area contributed by atoms with Crippen LogP contribution in [0.4, 0.5) is 10.5 Å². The van der Waals surface area contributed by atoms with Crippen LogP contribution in [-0.2, 0) is 0 Å². The minimum absolute atomic E-state index is 0.00521. The first kappa shape index (κ1) is 17.4. The average molecular weight is 365 g/mol. The van der Waals surface area contributed by atoms with Gasteiger partial charge in [0.25, 0.3) is 5.91 Å². The fourth-order valence-corrected chi connectivity index (χ4v) is 3.62. The fraction of sp³-hybridized carbons (Fsp3) is 0.333. The maximum atomic E-state index is 13.0. The summed E-state index contributed by atoms with van der Waals surface area (Å²) >= 11 is 0. The third kappa shape index (κ3) is 3.60. The lowest BCUT2D eigenvalue weighted by Gasteiger charge is -2.20. The van der Waals surface area contributed by atoms with Crippen LogP contribution in [0.2, 0.25) is 0 Å². The predicted molar refractivity (Wildman–Crippen MR) is 103 cm³/mol. The van der Waals surface area contributed by atoms with Crippen molar-refractivity contribution < 1.29 is 14.3 Å². The Labute approximate surface area is 158 Å². The van der Waals surface area contributed by atoms with Gasteiger partial charge in [0.1, 0.15) is 11.9 Å². The number of likely N-dealkylation sites (tertiary alicyclic amines) is 1. The second-order valence-corrected chi connectivity index (χ2v) is 6.98. The van der Waals surface area contributed by atoms with E-state index in [0.29, 0.717) is 31.7 Å². The Morgan fingerprint density at radius 3 is 2.70 bits per heavy atom. The summed E-state index contributed by atoms with van der Waals surface area (Å²) in [5, 5.41) is 2.80. The molecule has 1 atom stereocenters. The summed E-state index contributed by atoms with van der Waals surface area (Å²) in [6.07, 6.45) is 0.819. The number of amides is 3. The molecular weight excluding hydrogens is 342 g/mol. The van der Waals surface area contributed by atoms with Crippen LogP contribution in [0, 0.1) is 6.92 Å². The number of aryl methyl sites for hydroxylation is 1. The van der Waals surface area contributed by atoms with Crippen molar-refractivity contribution in [2.45, 2.75) is 19.4 Å². The molecule has 0 spiro atoms. The molecule has 2 aliphatic rings. The van der Waals surface area contributed by atoms with E-state index >= 15 is 0 Å². The van der Waals surface area contributed by atoms with E-state index in [2.05, 4.69) is 5.32 Å². The lowest BCUT2D eigenvalue weighted by Crippen LogP contribution is -2.32. The van der Waals surface area contributed by atoms with Crippen molar-refractivity contribution in [2.24, 2.45) is 0 Å². The number of benzene rings is 2. The van der Waals surface area contributed by atoms with E-state index in [1.54, 1.807) is 4.90 Å². The molecule has 3 amide bonds. The number of rotatable bonds is 4. The first-order valence-electron chi connectivity index (χ1n) is 9.29. The van der Waals surface area contributed by atoms with E-state index in [9.17, 15) is 9.59 Å². The van der Waals surface area contributed by atoms with Crippen molar-refractivity contribution in [1.29, 1.82) is 0 Å². The molecule has 0 bridgehead atoms. The van der Waals surface area contributed by atoms with Crippen molar-refractivity contribution in [3.63, 3.8) is 0 Å². The lowest BCUT2D eigenvalue weighted by molar-refractivity contribution is 0.0772. The van der Waals surface area contributed by atoms with Crippen molar-refractivity contribution in [1.82, 2.24) is 10.2 Å². The Hall–Kier alpha value is -3.02. The van der Waals surface area contributed by atoms with Gasteiger partial charge in [-0.15, -0.1) is 0 Å². The highest BCUT2D eigenvalue weighted by Crippen LogP contribution is 2.25. The van der Waals surface area contributed by atoms with E-state index < -0.39 is 0 Å². The summed E-state index contributed by atoms with van der Waals surface area (Å²) in [5.74, 6) is 0.810. The number of carbonyl (C=O) groups is 2. The minimum atomic E-state index is -0.111. The van der Waals surface area contributed by atoms with Gasteiger partial charge in [0.15, 0.2) is 0 Å². The van der Waals surface area contributed by atoms with Crippen molar-refractivity contribution >= 4 is 17.6 Å². The molecule has 0 saturated carbocycles. The van der Waals surface area contributed by atoms with Gasteiger partial charge in [0, 0.05) is 37.3 Å². The first-order valence-corrected chi connectivity index (χ1v) is 9.29. The molecule has 4 rings (SSSR count). The summed E-state index contributed by atoms with van der Waals surface area (Å²) in [6, 6.07) is 15.1. The number of hydrogen-bond donors (Lipinski definition) is 1. The van der Waals surface area contributed by atoms with Gasteiger partial charge in [0.2, 0.25) is 0 Å². The third-order valence-corrected chi connectivity index (χ3v) is 5.08. The van der Waals surface area contributed by atoms with Gasteiger partial charge in [-0.2, -0.15) is 0 Å². The number of hydrogen-bond acceptors (Lipinski definition) is 3. The molecule has 1 unspecified atom stereocenters. The molecule has 0 aromatic heterocycles. The molecule has 2 aromatic rings. The zero-order chi connectivity index (χ0) is 18.8. The van der Waals surface area contributed by atoms with Crippen LogP contribution in [0.5, 0.6) is 5.75 Å². The van der Waals surface area contributed by atoms with Crippen molar-refractivity contribution in [3.8, 4) is 5.75 Å². The summed E-state index contributed by atoms with van der Waals surface area (Å²) in [7, 11) is 0. The summed E-state index contributed by atoms with van der Waals surface area (Å²) in [5.41, 5.74) is 2.39. The summed E-state index contributed by atoms with van der Waals surface area (Å²) < 4.78 is 5.97. The van der Waals surface area contributed by atoms with Crippen molar-refractivity contribution in [2.75, 3.05) is 31.1 Å². The maximum absolute atomic E-state index is 13.0. The van der Waals surface area contributed by atoms with Gasteiger partial charge >= 0.3 is 6.03 Å². The maximum Gasteiger partial charge on any atom is 0.322 e. The van der Waals surface area contributed by atoms with E-state index in [0.717, 1.165) is 23.4 Å². The van der Waals surface area contributed by atoms with Crippen LogP contribution < -0.4 is 15.0 Å². The number of nitrogens with one attached hydrogen (secondary N) is 1. The topological polar surface area (TPSA) is 61.9 Å². The SMILES string of the molecule is Cc1ccc(C(=O)N2CCC(Oc3ccccc3)C2)cc1N1CCNC1=O. The number of anilines is 1. The Balaban J connectivity index is 1.46. The highest BCUT2D eigenvalue weighted by atomic mass is 16.5. The molecule has 2 aromatic carbocycles. The number of nitrogens with zero attached hydrogens (tertiary/aromatic N) is 2. The average Bonchev–Trinajstić information content (AvgIpc) is 3.31. The van der Waals surface area contributed by atoms with Gasteiger partial charge in [-0.05, 0) is 36.8 Å². The Morgan fingerprint density at radius 2 is 1.96 bits per heavy atom. The normalized spacial score (nSPS) is 19.3. The molecule has 2 heterocycles. The Bertz CT molecular complexity index is 853. The standard InChI is InChI=1S/C21H23N3O3/c1-15-7-8-16(13-19(15)24-12-10-22-21(24)26)20(25)23-11-9-18(14-23)27-17-5-3-2-4-6-17/h2-8,13,18H,9-12,14H2,1H3,(H,22,26). The zero-order valence-electron chi connectivity index (χ0n) is 15.4. The van der Waals surface area contributed by atoms with Gasteiger partial charge < -0.3 is 15.0 Å². The number of carbonyl (C=O) groups excluding carboxylic acids is 2. The number of ether oxygens (including phenoxy) is 1. The van der Waals surface area contributed by atoms with Gasteiger partial charge in [-0.25, -0.2) is 4.79 Å². The molecule has 2 saturated heterocycles. The van der Waals surface area contributed by atoms with Crippen LogP contribution in [0.1, 0.15) is 22.3 Å². The molecule has 2 aliphatic heterocycles. The number of para-hydroxylation sites is 1. The van der Waals surface area contributed by atoms with E-state index in [1.807, 2.05) is 60.4 Å². The second-order valence-electron chi connectivity index (χ2n) is 6.98. The van der Waals surface area contributed by atoms with Gasteiger partial charge in [-0.3, -0.25) is 9.69 Å². The Morgan fingerprint density at radius 1 is 1.15 bits per heavy atom. The van der Waals surface area contributed by atoms with E-state index in [1.165, 1.54) is 0 Å². The molecular formula is C21H23N3O3. The fourth-order valence-electron chi connectivity index (χ4n) is 3.62. The summed E-state index contributed by atoms with van der Waals surface area (Å²) in [6.45, 7) is 4.44. The molecule has 6 nitrogen and oxygen atoms in total. The van der Waals surface area contributed by atoms with E-state index in [4.69, 9.17) is 4.74 Å². The highest BCUT2D eigenvalue weighted by Gasteiger charge is 2.29. The minimum Gasteiger partial charge on any atom is -0.489 e. The largest absolute Gasteiger partial charge is 0.489 e. The van der Waals surface area contributed by atoms with Crippen LogP contribution in [0.25, 0.3) is 0 Å². The quantitative estimate of drug-likeness (QED) is 0.906. The lowest BCUT2D eigenvalue weighted by atomic mass is 10.1. The van der Waals surface area contributed by atoms with Gasteiger partial charge in [-0.1, -0.05) is 24.3 Å². The van der Waals surface area contributed by atoms with Crippen LogP contribution in [-0.4, -0.2) is 49.1 Å². The third-order valence-electron chi connectivity index (χ3n) is 5.08. The predicted octanol–water partition coefficient (Wildman–Crippen LogP) is 2.82. The molecule has 27 heavy (non-hydrogen) atoms. The smallest absolute Gasteiger partial charge is 0.322 e.